The van der Waals surface area contributed by atoms with Crippen LogP contribution in [0.1, 0.15) is 28.4 Å². The quantitative estimate of drug-likeness (QED) is 0.653. The molecule has 0 aromatic heterocycles. The number of nitrogens with zero attached hydrogens (tertiary/aromatic N) is 1. The molecule has 1 aliphatic heterocycles. The number of aryl methyl sites for hydroxylation is 1. The van der Waals surface area contributed by atoms with E-state index in [1.165, 1.54) is 0 Å². The molecule has 0 saturated heterocycles. The molecule has 0 radical (unpaired) electrons. The normalized spacial score (nSPS) is 14.7. The Kier molecular flexibility index (Phi) is 2.11. The number of benzene rings is 1. The van der Waals surface area contributed by atoms with Gasteiger partial charge in [-0.15, -0.1) is 0 Å². The summed E-state index contributed by atoms with van der Waals surface area (Å²) in [7, 11) is 0. The number of ketones is 1. The average molecular weight is 203 g/mol. The van der Waals surface area contributed by atoms with Crippen LogP contribution < -0.4 is 4.90 Å². The van der Waals surface area contributed by atoms with Crippen LogP contribution in [0.3, 0.4) is 0 Å². The monoisotopic (exact) mass is 203 g/mol. The van der Waals surface area contributed by atoms with Gasteiger partial charge in [-0.05, 0) is 38.0 Å². The summed E-state index contributed by atoms with van der Waals surface area (Å²) in [5, 5.41) is 0. The Labute approximate surface area is 88.7 Å². The molecule has 1 heterocycles. The zero-order valence-corrected chi connectivity index (χ0v) is 9.13. The predicted octanol–water partition coefficient (Wildman–Crippen LogP) is 1.85. The predicted molar refractivity (Wildman–Crippen MR) is 58.3 cm³/mol. The highest BCUT2D eigenvalue weighted by Gasteiger charge is 2.35. The zero-order valence-electron chi connectivity index (χ0n) is 9.13. The van der Waals surface area contributed by atoms with Crippen LogP contribution in [0.5, 0.6) is 0 Å². The molecule has 15 heavy (non-hydrogen) atoms. The van der Waals surface area contributed by atoms with Crippen LogP contribution in [0.2, 0.25) is 0 Å². The third kappa shape index (κ3) is 1.19. The Morgan fingerprint density at radius 1 is 1.20 bits per heavy atom. The molecule has 0 spiro atoms. The maximum atomic E-state index is 11.6. The van der Waals surface area contributed by atoms with Crippen molar-refractivity contribution in [3.63, 3.8) is 0 Å². The minimum atomic E-state index is -0.402. The van der Waals surface area contributed by atoms with Crippen molar-refractivity contribution in [3.8, 4) is 0 Å². The number of rotatable bonds is 1. The van der Waals surface area contributed by atoms with Crippen LogP contribution in [-0.2, 0) is 4.79 Å². The zero-order chi connectivity index (χ0) is 11.2. The summed E-state index contributed by atoms with van der Waals surface area (Å²) in [6.45, 7) is 6.35. The van der Waals surface area contributed by atoms with Crippen molar-refractivity contribution >= 4 is 17.4 Å². The molecule has 0 bridgehead atoms. The van der Waals surface area contributed by atoms with Gasteiger partial charge in [-0.1, -0.05) is 6.07 Å². The number of Topliss-reactive ketones (excluding diaryl/α,β-unsaturated/α-hetero) is 1. The molecular weight excluding hydrogens is 190 g/mol. The Balaban J connectivity index is 2.72. The van der Waals surface area contributed by atoms with Gasteiger partial charge in [0.05, 0.1) is 11.3 Å². The number of carbonyl (C=O) groups is 2. The third-order valence-electron chi connectivity index (χ3n) is 2.97. The smallest absolute Gasteiger partial charge is 0.299 e. The van der Waals surface area contributed by atoms with E-state index in [1.54, 1.807) is 11.0 Å². The molecule has 0 unspecified atom stereocenters. The molecular formula is C12H13NO2. The Hall–Kier alpha value is -1.64. The maximum absolute atomic E-state index is 11.6. The van der Waals surface area contributed by atoms with Crippen molar-refractivity contribution in [1.29, 1.82) is 0 Å². The van der Waals surface area contributed by atoms with Crippen molar-refractivity contribution in [1.82, 2.24) is 0 Å². The van der Waals surface area contributed by atoms with Crippen LogP contribution >= 0.6 is 0 Å². The summed E-state index contributed by atoms with van der Waals surface area (Å²) < 4.78 is 0. The average Bonchev–Trinajstić information content (AvgIpc) is 2.47. The lowest BCUT2D eigenvalue weighted by Crippen LogP contribution is -2.29. The van der Waals surface area contributed by atoms with E-state index >= 15 is 0 Å². The second-order valence-corrected chi connectivity index (χ2v) is 3.78. The first-order valence-electron chi connectivity index (χ1n) is 5.04. The van der Waals surface area contributed by atoms with Gasteiger partial charge in [0.1, 0.15) is 0 Å². The molecule has 0 aliphatic carbocycles. The molecule has 0 saturated carbocycles. The molecule has 1 aromatic rings. The summed E-state index contributed by atoms with van der Waals surface area (Å²) in [4.78, 5) is 24.8. The molecule has 1 aliphatic rings. The fourth-order valence-corrected chi connectivity index (χ4v) is 1.97. The first-order chi connectivity index (χ1) is 7.07. The highest BCUT2D eigenvalue weighted by molar-refractivity contribution is 6.52. The second-order valence-electron chi connectivity index (χ2n) is 3.78. The van der Waals surface area contributed by atoms with Gasteiger partial charge in [-0.2, -0.15) is 0 Å². The van der Waals surface area contributed by atoms with E-state index in [2.05, 4.69) is 0 Å². The highest BCUT2D eigenvalue weighted by Crippen LogP contribution is 2.33. The standard InChI is InChI=1S/C12H13NO2/c1-4-13-10-8(3)7(2)5-6-9(10)11(14)12(13)15/h5-6H,4H2,1-3H3. The number of fused-ring (bicyclic) bond motifs is 1. The van der Waals surface area contributed by atoms with Gasteiger partial charge in [0.25, 0.3) is 11.7 Å². The topological polar surface area (TPSA) is 37.4 Å². The van der Waals surface area contributed by atoms with Crippen molar-refractivity contribution in [2.75, 3.05) is 11.4 Å². The minimum absolute atomic E-state index is 0.380. The number of hydrogen-bond donors (Lipinski definition) is 0. The highest BCUT2D eigenvalue weighted by atomic mass is 16.2. The van der Waals surface area contributed by atoms with Gasteiger partial charge < -0.3 is 4.90 Å². The fraction of sp³-hybridized carbons (Fsp3) is 0.333. The molecule has 1 aromatic carbocycles. The van der Waals surface area contributed by atoms with E-state index in [9.17, 15) is 9.59 Å². The number of likely N-dealkylation sites (N-methyl/N-ethyl adjacent to an activating group) is 1. The van der Waals surface area contributed by atoms with Crippen molar-refractivity contribution in [2.45, 2.75) is 20.8 Å². The molecule has 0 N–H and O–H groups in total. The van der Waals surface area contributed by atoms with Gasteiger partial charge in [-0.25, -0.2) is 0 Å². The molecule has 0 fully saturated rings. The van der Waals surface area contributed by atoms with Crippen LogP contribution in [0.4, 0.5) is 5.69 Å². The summed E-state index contributed by atoms with van der Waals surface area (Å²) in [6, 6.07) is 3.63. The van der Waals surface area contributed by atoms with Crippen LogP contribution in [0.25, 0.3) is 0 Å². The van der Waals surface area contributed by atoms with E-state index < -0.39 is 5.91 Å². The number of carbonyl (C=O) groups excluding carboxylic acids is 2. The largest absolute Gasteiger partial charge is 0.305 e. The lowest BCUT2D eigenvalue weighted by Gasteiger charge is -2.16. The molecule has 2 rings (SSSR count). The molecule has 78 valence electrons. The van der Waals surface area contributed by atoms with E-state index in [1.807, 2.05) is 26.8 Å². The van der Waals surface area contributed by atoms with Crippen molar-refractivity contribution < 1.29 is 9.59 Å². The van der Waals surface area contributed by atoms with Crippen LogP contribution in [-0.4, -0.2) is 18.2 Å². The Morgan fingerprint density at radius 3 is 2.47 bits per heavy atom. The van der Waals surface area contributed by atoms with Gasteiger partial charge >= 0.3 is 0 Å². The first kappa shape index (κ1) is 9.90. The fourth-order valence-electron chi connectivity index (χ4n) is 1.97. The lowest BCUT2D eigenvalue weighted by molar-refractivity contribution is -0.114. The molecule has 3 nitrogen and oxygen atoms in total. The second kappa shape index (κ2) is 3.19. The lowest BCUT2D eigenvalue weighted by atomic mass is 10.0. The number of amides is 1. The third-order valence-corrected chi connectivity index (χ3v) is 2.97. The summed E-state index contributed by atoms with van der Waals surface area (Å²) in [5.74, 6) is -0.781. The summed E-state index contributed by atoms with van der Waals surface area (Å²) in [6.07, 6.45) is 0. The molecule has 1 amide bonds. The molecule has 3 heteroatoms. The van der Waals surface area contributed by atoms with Crippen molar-refractivity contribution in [3.05, 3.63) is 28.8 Å². The van der Waals surface area contributed by atoms with Gasteiger partial charge in [0.15, 0.2) is 0 Å². The van der Waals surface area contributed by atoms with Crippen LogP contribution in [0.15, 0.2) is 12.1 Å². The minimum Gasteiger partial charge on any atom is -0.305 e. The van der Waals surface area contributed by atoms with E-state index in [4.69, 9.17) is 0 Å². The van der Waals surface area contributed by atoms with Gasteiger partial charge in [0.2, 0.25) is 0 Å². The number of anilines is 1. The number of hydrogen-bond acceptors (Lipinski definition) is 2. The SMILES string of the molecule is CCN1C(=O)C(=O)c2ccc(C)c(C)c21. The molecule has 0 atom stereocenters. The van der Waals surface area contributed by atoms with E-state index in [0.29, 0.717) is 12.1 Å². The maximum Gasteiger partial charge on any atom is 0.299 e. The Bertz CT molecular complexity index is 463. The summed E-state index contributed by atoms with van der Waals surface area (Å²) in [5.41, 5.74) is 3.47. The first-order valence-corrected chi connectivity index (χ1v) is 5.04. The summed E-state index contributed by atoms with van der Waals surface area (Å²) >= 11 is 0. The van der Waals surface area contributed by atoms with E-state index in [-0.39, 0.29) is 5.78 Å². The van der Waals surface area contributed by atoms with Gasteiger partial charge in [0, 0.05) is 6.54 Å². The van der Waals surface area contributed by atoms with Gasteiger partial charge in [-0.3, -0.25) is 9.59 Å². The van der Waals surface area contributed by atoms with Crippen molar-refractivity contribution in [2.24, 2.45) is 0 Å². The van der Waals surface area contributed by atoms with E-state index in [0.717, 1.165) is 16.8 Å². The van der Waals surface area contributed by atoms with Crippen LogP contribution in [0, 0.1) is 13.8 Å². The Morgan fingerprint density at radius 2 is 1.87 bits per heavy atom.